The minimum absolute atomic E-state index is 0.0136. The highest BCUT2D eigenvalue weighted by Crippen LogP contribution is 2.27. The third-order valence-corrected chi connectivity index (χ3v) is 6.98. The molecule has 1 saturated heterocycles. The summed E-state index contributed by atoms with van der Waals surface area (Å²) < 4.78 is 53.8. The van der Waals surface area contributed by atoms with Crippen molar-refractivity contribution in [3.8, 4) is 11.4 Å². The summed E-state index contributed by atoms with van der Waals surface area (Å²) in [6.07, 6.45) is -3.69. The molecule has 1 aliphatic rings. The van der Waals surface area contributed by atoms with E-state index in [2.05, 4.69) is 21.7 Å². The molecule has 2 heterocycles. The van der Waals surface area contributed by atoms with Crippen molar-refractivity contribution in [3.05, 3.63) is 57.6 Å². The van der Waals surface area contributed by atoms with E-state index >= 15 is 0 Å². The van der Waals surface area contributed by atoms with Crippen molar-refractivity contribution in [2.45, 2.75) is 39.0 Å². The first-order chi connectivity index (χ1) is 18.0. The molecule has 2 aromatic carbocycles. The summed E-state index contributed by atoms with van der Waals surface area (Å²) >= 11 is 5.94. The summed E-state index contributed by atoms with van der Waals surface area (Å²) in [5.74, 6) is -1.72. The number of rotatable bonds is 6. The topological polar surface area (TPSA) is 70.5 Å². The third kappa shape index (κ3) is 6.10. The van der Waals surface area contributed by atoms with Crippen molar-refractivity contribution in [1.82, 2.24) is 19.8 Å². The van der Waals surface area contributed by atoms with Crippen molar-refractivity contribution in [3.63, 3.8) is 0 Å². The molecule has 1 atom stereocenters. The molecule has 1 fully saturated rings. The summed E-state index contributed by atoms with van der Waals surface area (Å²) in [4.78, 5) is 35.3. The average molecular weight is 554 g/mol. The summed E-state index contributed by atoms with van der Waals surface area (Å²) in [7, 11) is 0. The molecule has 0 spiro atoms. The van der Waals surface area contributed by atoms with Gasteiger partial charge in [-0.05, 0) is 62.8 Å². The van der Waals surface area contributed by atoms with E-state index in [1.807, 2.05) is 11.4 Å². The number of anilines is 1. The van der Waals surface area contributed by atoms with Gasteiger partial charge in [0.15, 0.2) is 0 Å². The zero-order valence-electron chi connectivity index (χ0n) is 21.0. The van der Waals surface area contributed by atoms with Crippen molar-refractivity contribution in [1.29, 1.82) is 0 Å². The molecule has 0 bridgehead atoms. The molecule has 204 valence electrons. The lowest BCUT2D eigenvalue weighted by atomic mass is 10.1. The van der Waals surface area contributed by atoms with Crippen LogP contribution in [0.15, 0.2) is 41.2 Å². The van der Waals surface area contributed by atoms with Crippen LogP contribution in [0, 0.1) is 5.82 Å². The van der Waals surface area contributed by atoms with Gasteiger partial charge in [-0.3, -0.25) is 14.2 Å². The highest BCUT2D eigenvalue weighted by molar-refractivity contribution is 6.31. The maximum absolute atomic E-state index is 13.8. The van der Waals surface area contributed by atoms with E-state index in [-0.39, 0.29) is 21.8 Å². The Hall–Kier alpha value is -3.18. The highest BCUT2D eigenvalue weighted by atomic mass is 35.5. The number of nitrogens with zero attached hydrogens (tertiary/aromatic N) is 4. The van der Waals surface area contributed by atoms with E-state index < -0.39 is 36.0 Å². The number of carbonyl (C=O) groups excluding carboxylic acids is 1. The number of aromatic nitrogens is 2. The molecule has 1 amide bonds. The highest BCUT2D eigenvalue weighted by Gasteiger charge is 2.37. The molecule has 7 nitrogen and oxygen atoms in total. The Balaban J connectivity index is 1.78. The van der Waals surface area contributed by atoms with Crippen LogP contribution in [0.2, 0.25) is 5.02 Å². The molecule has 0 saturated carbocycles. The normalized spacial score (nSPS) is 15.9. The number of nitrogens with one attached hydrogen (secondary N) is 1. The predicted octanol–water partition coefficient (Wildman–Crippen LogP) is 4.46. The van der Waals surface area contributed by atoms with Gasteiger partial charge in [0, 0.05) is 30.9 Å². The monoisotopic (exact) mass is 553 g/mol. The number of fused-ring (bicyclic) bond motifs is 1. The molecule has 1 N–H and O–H groups in total. The van der Waals surface area contributed by atoms with Gasteiger partial charge in [-0.2, -0.15) is 13.2 Å². The van der Waals surface area contributed by atoms with Gasteiger partial charge in [0.1, 0.15) is 24.2 Å². The van der Waals surface area contributed by atoms with Crippen molar-refractivity contribution < 1.29 is 22.4 Å². The number of carbonyl (C=O) groups is 1. The Labute approximate surface area is 222 Å². The summed E-state index contributed by atoms with van der Waals surface area (Å²) in [6.45, 7) is 6.57. The third-order valence-electron chi connectivity index (χ3n) is 6.69. The SMILES string of the molecule is CCN1CCCN(c2ccc3nc(-c4ccc(F)c(Cl)c4)n(CC(=O)NC(C)C(F)(F)F)c(=O)c3c2)CC1. The zero-order valence-corrected chi connectivity index (χ0v) is 21.7. The van der Waals surface area contributed by atoms with E-state index in [0.29, 0.717) is 5.52 Å². The predicted molar refractivity (Wildman–Crippen MR) is 139 cm³/mol. The minimum atomic E-state index is -4.65. The summed E-state index contributed by atoms with van der Waals surface area (Å²) in [6, 6.07) is 6.82. The lowest BCUT2D eigenvalue weighted by molar-refractivity contribution is -0.158. The number of benzene rings is 2. The minimum Gasteiger partial charge on any atom is -0.370 e. The molecule has 1 unspecified atom stereocenters. The summed E-state index contributed by atoms with van der Waals surface area (Å²) in [5.41, 5.74) is 0.781. The fourth-order valence-electron chi connectivity index (χ4n) is 4.47. The van der Waals surface area contributed by atoms with Gasteiger partial charge < -0.3 is 15.1 Å². The van der Waals surface area contributed by atoms with E-state index in [4.69, 9.17) is 11.6 Å². The molecule has 0 aliphatic carbocycles. The standard InChI is InChI=1S/C26H28ClF4N5O2/c1-3-34-9-4-10-35(12-11-34)18-6-8-22-19(14-18)25(38)36(15-23(37)32-16(2)26(29,30)31)24(33-22)17-5-7-21(28)20(27)13-17/h5-8,13-14,16H,3-4,9-12,15H2,1-2H3,(H,32,37). The molecule has 1 aliphatic heterocycles. The van der Waals surface area contributed by atoms with Crippen LogP contribution in [0.1, 0.15) is 20.3 Å². The van der Waals surface area contributed by atoms with E-state index in [1.165, 1.54) is 12.1 Å². The van der Waals surface area contributed by atoms with E-state index in [0.717, 1.165) is 62.4 Å². The van der Waals surface area contributed by atoms with Gasteiger partial charge >= 0.3 is 6.18 Å². The molecule has 4 rings (SSSR count). The van der Waals surface area contributed by atoms with Gasteiger partial charge in [0.2, 0.25) is 5.91 Å². The number of hydrogen-bond acceptors (Lipinski definition) is 5. The fraction of sp³-hybridized carbons (Fsp3) is 0.423. The lowest BCUT2D eigenvalue weighted by Gasteiger charge is -2.24. The Kier molecular flexibility index (Phi) is 8.27. The van der Waals surface area contributed by atoms with Crippen LogP contribution in [0.5, 0.6) is 0 Å². The van der Waals surface area contributed by atoms with E-state index in [1.54, 1.807) is 12.1 Å². The van der Waals surface area contributed by atoms with Gasteiger partial charge in [-0.25, -0.2) is 9.37 Å². The second kappa shape index (κ2) is 11.3. The molecule has 12 heteroatoms. The smallest absolute Gasteiger partial charge is 0.370 e. The average Bonchev–Trinajstić information content (AvgIpc) is 3.12. The number of amides is 1. The molecular weight excluding hydrogens is 526 g/mol. The zero-order chi connectivity index (χ0) is 27.6. The van der Waals surface area contributed by atoms with Crippen LogP contribution in [-0.4, -0.2) is 65.3 Å². The molecule has 3 aromatic rings. The number of hydrogen-bond donors (Lipinski definition) is 1. The molecular formula is C26H28ClF4N5O2. The second-order valence-electron chi connectivity index (χ2n) is 9.26. The van der Waals surface area contributed by atoms with Crippen molar-refractivity contribution in [2.75, 3.05) is 37.6 Å². The van der Waals surface area contributed by atoms with Crippen LogP contribution in [-0.2, 0) is 11.3 Å². The maximum atomic E-state index is 13.8. The number of halogens is 5. The Morgan fingerprint density at radius 1 is 1.13 bits per heavy atom. The van der Waals surface area contributed by atoms with Crippen LogP contribution in [0.3, 0.4) is 0 Å². The first kappa shape index (κ1) is 27.8. The van der Waals surface area contributed by atoms with Crippen LogP contribution in [0.4, 0.5) is 23.2 Å². The first-order valence-electron chi connectivity index (χ1n) is 12.3. The fourth-order valence-corrected chi connectivity index (χ4v) is 4.65. The largest absolute Gasteiger partial charge is 0.408 e. The van der Waals surface area contributed by atoms with Gasteiger partial charge in [0.05, 0.1) is 15.9 Å². The maximum Gasteiger partial charge on any atom is 0.408 e. The lowest BCUT2D eigenvalue weighted by Crippen LogP contribution is -2.45. The Morgan fingerprint density at radius 2 is 1.89 bits per heavy atom. The van der Waals surface area contributed by atoms with Gasteiger partial charge in [-0.15, -0.1) is 0 Å². The molecule has 0 radical (unpaired) electrons. The van der Waals surface area contributed by atoms with Gasteiger partial charge in [0.25, 0.3) is 5.56 Å². The first-order valence-corrected chi connectivity index (χ1v) is 12.7. The van der Waals surface area contributed by atoms with Crippen LogP contribution < -0.4 is 15.8 Å². The molecule has 38 heavy (non-hydrogen) atoms. The number of alkyl halides is 3. The van der Waals surface area contributed by atoms with Crippen molar-refractivity contribution >= 4 is 34.1 Å². The van der Waals surface area contributed by atoms with Gasteiger partial charge in [-0.1, -0.05) is 18.5 Å². The van der Waals surface area contributed by atoms with Crippen molar-refractivity contribution in [2.24, 2.45) is 0 Å². The summed E-state index contributed by atoms with van der Waals surface area (Å²) in [5, 5.41) is 1.86. The Bertz CT molecular complexity index is 1390. The number of likely N-dealkylation sites (N-methyl/N-ethyl adjacent to an activating group) is 1. The quantitative estimate of drug-likeness (QED) is 0.457. The van der Waals surface area contributed by atoms with Crippen LogP contribution >= 0.6 is 11.6 Å². The van der Waals surface area contributed by atoms with Crippen LogP contribution in [0.25, 0.3) is 22.3 Å². The molecule has 1 aromatic heterocycles. The second-order valence-corrected chi connectivity index (χ2v) is 9.67. The van der Waals surface area contributed by atoms with E-state index in [9.17, 15) is 27.2 Å². The Morgan fingerprint density at radius 3 is 2.58 bits per heavy atom.